The molecule has 3 unspecified atom stereocenters. The molecular formula is C22H33NO7. The molecule has 30 heavy (non-hydrogen) atoms. The van der Waals surface area contributed by atoms with Crippen LogP contribution >= 0.6 is 0 Å². The largest absolute Gasteiger partial charge is 0.479 e. The Morgan fingerprint density at radius 1 is 1.27 bits per heavy atom. The van der Waals surface area contributed by atoms with Crippen molar-refractivity contribution in [3.05, 3.63) is 29.3 Å². The number of hydrogen-bond acceptors (Lipinski definition) is 7. The summed E-state index contributed by atoms with van der Waals surface area (Å²) in [6, 6.07) is 5.70. The minimum atomic E-state index is -1.13. The number of aryl methyl sites for hydroxylation is 1. The van der Waals surface area contributed by atoms with Gasteiger partial charge in [0.2, 0.25) is 6.29 Å². The lowest BCUT2D eigenvalue weighted by Crippen LogP contribution is -2.42. The van der Waals surface area contributed by atoms with Gasteiger partial charge in [0, 0.05) is 18.4 Å². The number of aliphatic carboxylic acids is 1. The van der Waals surface area contributed by atoms with Gasteiger partial charge in [-0.15, -0.1) is 0 Å². The Kier molecular flexibility index (Phi) is 9.55. The maximum Gasteiger partial charge on any atom is 0.333 e. The summed E-state index contributed by atoms with van der Waals surface area (Å²) in [4.78, 5) is 23.1. The van der Waals surface area contributed by atoms with E-state index in [0.29, 0.717) is 11.3 Å². The number of nitrogens with one attached hydrogen (secondary N) is 1. The quantitative estimate of drug-likeness (QED) is 0.367. The molecular weight excluding hydrogens is 390 g/mol. The fourth-order valence-corrected chi connectivity index (χ4v) is 3.17. The van der Waals surface area contributed by atoms with Crippen molar-refractivity contribution in [3.8, 4) is 5.75 Å². The molecule has 3 N–H and O–H groups in total. The zero-order valence-electron chi connectivity index (χ0n) is 17.9. The van der Waals surface area contributed by atoms with Crippen molar-refractivity contribution in [1.29, 1.82) is 0 Å². The highest BCUT2D eigenvalue weighted by atomic mass is 16.7. The van der Waals surface area contributed by atoms with Gasteiger partial charge in [0.05, 0.1) is 12.0 Å². The molecule has 0 spiro atoms. The lowest BCUT2D eigenvalue weighted by molar-refractivity contribution is -0.195. The lowest BCUT2D eigenvalue weighted by atomic mass is 10.0. The number of ether oxygens (including phenoxy) is 3. The molecule has 1 fully saturated rings. The first kappa shape index (κ1) is 24.1. The van der Waals surface area contributed by atoms with Crippen molar-refractivity contribution in [2.45, 2.75) is 71.1 Å². The van der Waals surface area contributed by atoms with Crippen LogP contribution in [0.25, 0.3) is 0 Å². The zero-order valence-corrected chi connectivity index (χ0v) is 17.9. The first-order valence-corrected chi connectivity index (χ1v) is 10.5. The summed E-state index contributed by atoms with van der Waals surface area (Å²) in [6.45, 7) is 4.51. The number of esters is 1. The standard InChI is InChI=1S/C22H33NO7/c1-14(2)22(27)28-13-16-8-7-15(6-4-5-9-23-3)10-18(16)29-20-12-17(24)11-19(30-20)21(25)26/h7-8,10,14,17,19-20,23-24H,4-6,9,11-13H2,1-3H3,(H,25,26). The van der Waals surface area contributed by atoms with E-state index in [4.69, 9.17) is 14.2 Å². The van der Waals surface area contributed by atoms with E-state index in [2.05, 4.69) is 5.32 Å². The predicted octanol–water partition coefficient (Wildman–Crippen LogP) is 2.26. The molecule has 2 rings (SSSR count). The number of benzene rings is 1. The van der Waals surface area contributed by atoms with Gasteiger partial charge in [-0.2, -0.15) is 0 Å². The van der Waals surface area contributed by atoms with Gasteiger partial charge in [0.1, 0.15) is 12.4 Å². The van der Waals surface area contributed by atoms with Crippen molar-refractivity contribution >= 4 is 11.9 Å². The molecule has 1 aromatic carbocycles. The van der Waals surface area contributed by atoms with Crippen molar-refractivity contribution in [2.24, 2.45) is 5.92 Å². The Morgan fingerprint density at radius 2 is 2.03 bits per heavy atom. The first-order chi connectivity index (χ1) is 14.3. The molecule has 3 atom stereocenters. The fourth-order valence-electron chi connectivity index (χ4n) is 3.17. The number of carbonyl (C=O) groups excluding carboxylic acids is 1. The molecule has 1 heterocycles. The van der Waals surface area contributed by atoms with Crippen LogP contribution in [0.1, 0.15) is 50.7 Å². The maximum atomic E-state index is 11.9. The molecule has 8 nitrogen and oxygen atoms in total. The Bertz CT molecular complexity index is 707. The van der Waals surface area contributed by atoms with Crippen LogP contribution < -0.4 is 10.1 Å². The number of hydrogen-bond donors (Lipinski definition) is 3. The third-order valence-electron chi connectivity index (χ3n) is 4.92. The summed E-state index contributed by atoms with van der Waals surface area (Å²) < 4.78 is 16.8. The number of carboxylic acid groups (broad SMARTS) is 1. The number of aliphatic hydroxyl groups excluding tert-OH is 1. The van der Waals surface area contributed by atoms with E-state index in [1.807, 2.05) is 25.2 Å². The van der Waals surface area contributed by atoms with Gasteiger partial charge in [-0.25, -0.2) is 4.79 Å². The highest BCUT2D eigenvalue weighted by Gasteiger charge is 2.34. The Labute approximate surface area is 177 Å². The number of aliphatic hydroxyl groups is 1. The molecule has 0 saturated carbocycles. The second-order valence-electron chi connectivity index (χ2n) is 7.90. The topological polar surface area (TPSA) is 114 Å². The van der Waals surface area contributed by atoms with Gasteiger partial charge in [-0.1, -0.05) is 26.0 Å². The van der Waals surface area contributed by atoms with Gasteiger partial charge in [-0.3, -0.25) is 4.79 Å². The molecule has 0 amide bonds. The average molecular weight is 424 g/mol. The van der Waals surface area contributed by atoms with Crippen LogP contribution in [0.15, 0.2) is 18.2 Å². The van der Waals surface area contributed by atoms with Gasteiger partial charge < -0.3 is 29.7 Å². The van der Waals surface area contributed by atoms with Crippen LogP contribution in [-0.2, 0) is 32.1 Å². The number of rotatable bonds is 11. The number of unbranched alkanes of at least 4 members (excludes halogenated alkanes) is 1. The normalized spacial score (nSPS) is 21.4. The summed E-state index contributed by atoms with van der Waals surface area (Å²) in [7, 11) is 1.92. The van der Waals surface area contributed by atoms with E-state index in [0.717, 1.165) is 31.4 Å². The van der Waals surface area contributed by atoms with E-state index in [1.54, 1.807) is 13.8 Å². The van der Waals surface area contributed by atoms with Crippen molar-refractivity contribution < 1.29 is 34.0 Å². The minimum Gasteiger partial charge on any atom is -0.479 e. The molecule has 8 heteroatoms. The third kappa shape index (κ3) is 7.59. The van der Waals surface area contributed by atoms with E-state index in [9.17, 15) is 19.8 Å². The summed E-state index contributed by atoms with van der Waals surface area (Å²) in [5.74, 6) is -1.21. The van der Waals surface area contributed by atoms with Crippen LogP contribution in [0.5, 0.6) is 5.75 Å². The molecule has 0 bridgehead atoms. The Morgan fingerprint density at radius 3 is 2.70 bits per heavy atom. The van der Waals surface area contributed by atoms with Gasteiger partial charge in [0.15, 0.2) is 6.10 Å². The SMILES string of the molecule is CNCCCCc1ccc(COC(=O)C(C)C)c(OC2CC(O)CC(C(=O)O)O2)c1. The highest BCUT2D eigenvalue weighted by molar-refractivity contribution is 5.72. The monoisotopic (exact) mass is 423 g/mol. The second kappa shape index (κ2) is 11.9. The summed E-state index contributed by atoms with van der Waals surface area (Å²) in [5.41, 5.74) is 1.73. The van der Waals surface area contributed by atoms with Crippen molar-refractivity contribution in [1.82, 2.24) is 5.32 Å². The van der Waals surface area contributed by atoms with E-state index < -0.39 is 24.5 Å². The number of carbonyl (C=O) groups is 2. The third-order valence-corrected chi connectivity index (χ3v) is 4.92. The average Bonchev–Trinajstić information content (AvgIpc) is 2.69. The molecule has 0 radical (unpaired) electrons. The zero-order chi connectivity index (χ0) is 22.1. The highest BCUT2D eigenvalue weighted by Crippen LogP contribution is 2.28. The molecule has 1 aromatic rings. The smallest absolute Gasteiger partial charge is 0.333 e. The Hall–Kier alpha value is -2.16. The van der Waals surface area contributed by atoms with Crippen molar-refractivity contribution in [3.63, 3.8) is 0 Å². The van der Waals surface area contributed by atoms with Crippen molar-refractivity contribution in [2.75, 3.05) is 13.6 Å². The van der Waals surface area contributed by atoms with Gasteiger partial charge in [0.25, 0.3) is 0 Å². The van der Waals surface area contributed by atoms with Gasteiger partial charge in [-0.05, 0) is 44.5 Å². The molecule has 168 valence electrons. The van der Waals surface area contributed by atoms with Gasteiger partial charge >= 0.3 is 11.9 Å². The van der Waals surface area contributed by atoms with Crippen LogP contribution in [0, 0.1) is 5.92 Å². The summed E-state index contributed by atoms with van der Waals surface area (Å²) >= 11 is 0. The van der Waals surface area contributed by atoms with Crippen LogP contribution in [0.3, 0.4) is 0 Å². The molecule has 0 aliphatic carbocycles. The summed E-state index contributed by atoms with van der Waals surface area (Å²) in [6.07, 6.45) is 0.258. The first-order valence-electron chi connectivity index (χ1n) is 10.5. The van der Waals surface area contributed by atoms with Crippen LogP contribution in [-0.4, -0.2) is 54.2 Å². The second-order valence-corrected chi connectivity index (χ2v) is 7.90. The molecule has 1 saturated heterocycles. The van der Waals surface area contributed by atoms with E-state index >= 15 is 0 Å². The molecule has 0 aromatic heterocycles. The molecule has 1 aliphatic heterocycles. The summed E-state index contributed by atoms with van der Waals surface area (Å²) in [5, 5.41) is 22.3. The van der Waals surface area contributed by atoms with E-state index in [-0.39, 0.29) is 31.3 Å². The Balaban J connectivity index is 2.14. The predicted molar refractivity (Wildman–Crippen MR) is 110 cm³/mol. The van der Waals surface area contributed by atoms with E-state index in [1.165, 1.54) is 0 Å². The maximum absolute atomic E-state index is 11.9. The molecule has 1 aliphatic rings. The minimum absolute atomic E-state index is 0.0273. The number of carboxylic acids is 1. The van der Waals surface area contributed by atoms with Crippen LogP contribution in [0.4, 0.5) is 0 Å². The van der Waals surface area contributed by atoms with Crippen LogP contribution in [0.2, 0.25) is 0 Å². The lowest BCUT2D eigenvalue weighted by Gasteiger charge is -2.31. The fraction of sp³-hybridized carbons (Fsp3) is 0.636.